The van der Waals surface area contributed by atoms with Crippen molar-refractivity contribution >= 4 is 23.9 Å². The van der Waals surface area contributed by atoms with Crippen LogP contribution in [0.15, 0.2) is 17.1 Å². The molecule has 1 aliphatic rings. The van der Waals surface area contributed by atoms with E-state index in [1.54, 1.807) is 14.2 Å². The Morgan fingerprint density at radius 1 is 1.20 bits per heavy atom. The molecule has 0 saturated carbocycles. The number of hydrogen-bond donors (Lipinski definition) is 1. The molecule has 0 radical (unpaired) electrons. The quantitative estimate of drug-likeness (QED) is 0.838. The van der Waals surface area contributed by atoms with Crippen LogP contribution in [-0.4, -0.2) is 20.1 Å². The molecule has 0 saturated heterocycles. The first-order valence-corrected chi connectivity index (χ1v) is 4.32. The first kappa shape index (κ1) is 11.7. The van der Waals surface area contributed by atoms with Crippen molar-refractivity contribution < 1.29 is 9.47 Å². The van der Waals surface area contributed by atoms with E-state index in [2.05, 4.69) is 4.99 Å². The molecule has 1 heterocycles. The van der Waals surface area contributed by atoms with Gasteiger partial charge < -0.3 is 15.2 Å². The monoisotopic (exact) mass is 228 g/mol. The van der Waals surface area contributed by atoms with Crippen molar-refractivity contribution in [2.24, 2.45) is 10.7 Å². The average molecular weight is 229 g/mol. The molecule has 15 heavy (non-hydrogen) atoms. The Morgan fingerprint density at radius 3 is 2.40 bits per heavy atom. The number of amidine groups is 1. The normalized spacial score (nSPS) is 12.5. The van der Waals surface area contributed by atoms with Crippen LogP contribution in [0.2, 0.25) is 0 Å². The second-order valence-electron chi connectivity index (χ2n) is 3.12. The van der Waals surface area contributed by atoms with E-state index in [1.165, 1.54) is 0 Å². The summed E-state index contributed by atoms with van der Waals surface area (Å²) in [6.45, 7) is 0. The summed E-state index contributed by atoms with van der Waals surface area (Å²) in [4.78, 5) is 4.19. The van der Waals surface area contributed by atoms with Gasteiger partial charge in [0.05, 0.1) is 19.9 Å². The van der Waals surface area contributed by atoms with Crippen molar-refractivity contribution in [2.75, 3.05) is 14.2 Å². The SMILES string of the molecule is COc1cc2c(cc1OC)N=C(N)C2.Cl. The first-order chi connectivity index (χ1) is 6.74. The molecule has 2 rings (SSSR count). The lowest BCUT2D eigenvalue weighted by Crippen LogP contribution is -2.09. The summed E-state index contributed by atoms with van der Waals surface area (Å²) < 4.78 is 10.3. The highest BCUT2D eigenvalue weighted by molar-refractivity contribution is 5.91. The predicted molar refractivity (Wildman–Crippen MR) is 61.8 cm³/mol. The van der Waals surface area contributed by atoms with E-state index >= 15 is 0 Å². The van der Waals surface area contributed by atoms with Gasteiger partial charge >= 0.3 is 0 Å². The topological polar surface area (TPSA) is 56.8 Å². The van der Waals surface area contributed by atoms with E-state index in [0.717, 1.165) is 17.0 Å². The molecule has 0 bridgehead atoms. The van der Waals surface area contributed by atoms with E-state index in [0.29, 0.717) is 18.0 Å². The minimum atomic E-state index is 0. The number of nitrogens with zero attached hydrogens (tertiary/aromatic N) is 1. The highest BCUT2D eigenvalue weighted by Gasteiger charge is 2.16. The predicted octanol–water partition coefficient (Wildman–Crippen LogP) is 1.67. The number of rotatable bonds is 2. The Balaban J connectivity index is 0.00000112. The molecular formula is C10H13ClN2O2. The number of aliphatic imine (C=N–C) groups is 1. The molecule has 0 fully saturated rings. The van der Waals surface area contributed by atoms with Gasteiger partial charge in [-0.05, 0) is 11.6 Å². The fraction of sp³-hybridized carbons (Fsp3) is 0.300. The van der Waals surface area contributed by atoms with Crippen LogP contribution < -0.4 is 15.2 Å². The Bertz CT molecular complexity index is 405. The highest BCUT2D eigenvalue weighted by Crippen LogP contribution is 2.37. The standard InChI is InChI=1S/C10H12N2O2.ClH/c1-13-8-3-6-4-10(11)12-7(6)5-9(8)14-2;/h3,5H,4H2,1-2H3,(H2,11,12);1H. The lowest BCUT2D eigenvalue weighted by molar-refractivity contribution is 0.355. The Labute approximate surface area is 94.5 Å². The van der Waals surface area contributed by atoms with E-state index < -0.39 is 0 Å². The van der Waals surface area contributed by atoms with Gasteiger partial charge in [0.1, 0.15) is 5.84 Å². The Hall–Kier alpha value is -1.42. The molecule has 82 valence electrons. The molecule has 4 nitrogen and oxygen atoms in total. The van der Waals surface area contributed by atoms with Crippen molar-refractivity contribution in [3.8, 4) is 11.5 Å². The van der Waals surface area contributed by atoms with Crippen LogP contribution in [0.25, 0.3) is 0 Å². The smallest absolute Gasteiger partial charge is 0.162 e. The van der Waals surface area contributed by atoms with Crippen LogP contribution in [0.3, 0.4) is 0 Å². The number of nitrogens with two attached hydrogens (primary N) is 1. The third-order valence-electron chi connectivity index (χ3n) is 2.22. The Morgan fingerprint density at radius 2 is 1.80 bits per heavy atom. The van der Waals surface area contributed by atoms with Crippen molar-refractivity contribution in [3.63, 3.8) is 0 Å². The summed E-state index contributed by atoms with van der Waals surface area (Å²) in [6, 6.07) is 3.76. The lowest BCUT2D eigenvalue weighted by Gasteiger charge is -2.08. The molecule has 5 heteroatoms. The van der Waals surface area contributed by atoms with Gasteiger partial charge in [0, 0.05) is 12.5 Å². The first-order valence-electron chi connectivity index (χ1n) is 4.32. The third-order valence-corrected chi connectivity index (χ3v) is 2.22. The average Bonchev–Trinajstić information content (AvgIpc) is 2.54. The summed E-state index contributed by atoms with van der Waals surface area (Å²) in [5.74, 6) is 2.04. The van der Waals surface area contributed by atoms with E-state index in [9.17, 15) is 0 Å². The molecule has 0 spiro atoms. The molecule has 0 amide bonds. The maximum Gasteiger partial charge on any atom is 0.162 e. The van der Waals surface area contributed by atoms with Crippen molar-refractivity contribution in [2.45, 2.75) is 6.42 Å². The van der Waals surface area contributed by atoms with Gasteiger partial charge in [0.2, 0.25) is 0 Å². The minimum Gasteiger partial charge on any atom is -0.493 e. The maximum atomic E-state index is 5.64. The molecule has 0 aliphatic carbocycles. The van der Waals surface area contributed by atoms with Crippen molar-refractivity contribution in [1.82, 2.24) is 0 Å². The second kappa shape index (κ2) is 4.40. The molecule has 1 aromatic carbocycles. The summed E-state index contributed by atoms with van der Waals surface area (Å²) >= 11 is 0. The molecule has 1 aliphatic heterocycles. The van der Waals surface area contributed by atoms with Gasteiger partial charge in [0.25, 0.3) is 0 Å². The van der Waals surface area contributed by atoms with Crippen LogP contribution in [0.4, 0.5) is 5.69 Å². The lowest BCUT2D eigenvalue weighted by atomic mass is 10.1. The summed E-state index contributed by atoms with van der Waals surface area (Å²) in [7, 11) is 3.22. The number of fused-ring (bicyclic) bond motifs is 1. The zero-order valence-electron chi connectivity index (χ0n) is 8.61. The molecule has 1 aromatic rings. The largest absolute Gasteiger partial charge is 0.493 e. The van der Waals surface area contributed by atoms with E-state index in [1.807, 2.05) is 12.1 Å². The second-order valence-corrected chi connectivity index (χ2v) is 3.12. The summed E-state index contributed by atoms with van der Waals surface area (Å²) in [6.07, 6.45) is 0.690. The van der Waals surface area contributed by atoms with Crippen LogP contribution >= 0.6 is 12.4 Å². The molecular weight excluding hydrogens is 216 g/mol. The summed E-state index contributed by atoms with van der Waals surface area (Å²) in [5.41, 5.74) is 7.60. The van der Waals surface area contributed by atoms with Gasteiger partial charge in [-0.3, -0.25) is 0 Å². The third kappa shape index (κ3) is 1.99. The van der Waals surface area contributed by atoms with Gasteiger partial charge in [0.15, 0.2) is 11.5 Å². The van der Waals surface area contributed by atoms with Crippen molar-refractivity contribution in [1.29, 1.82) is 0 Å². The number of methoxy groups -OCH3 is 2. The van der Waals surface area contributed by atoms with Gasteiger partial charge in [-0.25, -0.2) is 4.99 Å². The molecule has 0 aromatic heterocycles. The highest BCUT2D eigenvalue weighted by atomic mass is 35.5. The van der Waals surface area contributed by atoms with Crippen LogP contribution in [0.1, 0.15) is 5.56 Å². The fourth-order valence-electron chi connectivity index (χ4n) is 1.55. The zero-order valence-corrected chi connectivity index (χ0v) is 9.43. The van der Waals surface area contributed by atoms with Crippen LogP contribution in [0.5, 0.6) is 11.5 Å². The number of halogens is 1. The van der Waals surface area contributed by atoms with Gasteiger partial charge in [-0.2, -0.15) is 0 Å². The van der Waals surface area contributed by atoms with Crippen molar-refractivity contribution in [3.05, 3.63) is 17.7 Å². The fourth-order valence-corrected chi connectivity index (χ4v) is 1.55. The zero-order chi connectivity index (χ0) is 10.1. The van der Waals surface area contributed by atoms with Crippen LogP contribution in [0, 0.1) is 0 Å². The van der Waals surface area contributed by atoms with Gasteiger partial charge in [-0.15, -0.1) is 12.4 Å². The van der Waals surface area contributed by atoms with Crippen LogP contribution in [-0.2, 0) is 6.42 Å². The minimum absolute atomic E-state index is 0. The van der Waals surface area contributed by atoms with Gasteiger partial charge in [-0.1, -0.05) is 0 Å². The van der Waals surface area contributed by atoms with E-state index in [4.69, 9.17) is 15.2 Å². The maximum absolute atomic E-state index is 5.64. The van der Waals surface area contributed by atoms with E-state index in [-0.39, 0.29) is 12.4 Å². The molecule has 0 unspecified atom stereocenters. The number of hydrogen-bond acceptors (Lipinski definition) is 4. The Kier molecular flexibility index (Phi) is 3.42. The molecule has 0 atom stereocenters. The number of ether oxygens (including phenoxy) is 2. The number of benzene rings is 1. The summed E-state index contributed by atoms with van der Waals surface area (Å²) in [5, 5.41) is 0. The molecule has 2 N–H and O–H groups in total.